The van der Waals surface area contributed by atoms with Crippen molar-refractivity contribution < 1.29 is 9.84 Å². The molecule has 18 heavy (non-hydrogen) atoms. The molecule has 0 saturated heterocycles. The van der Waals surface area contributed by atoms with Gasteiger partial charge in [-0.15, -0.1) is 5.10 Å². The minimum absolute atomic E-state index is 0.153. The Morgan fingerprint density at radius 3 is 2.44 bits per heavy atom. The standard InChI is InChI=1S/C13H13ClN2O2/c14-13-6-3-11(15-16-13)9-18-12-4-1-10(2-5-12)7-8-17/h1-6,17H,7-9H2. The third-order valence-electron chi connectivity index (χ3n) is 2.40. The van der Waals surface area contributed by atoms with E-state index >= 15 is 0 Å². The first kappa shape index (κ1) is 12.8. The van der Waals surface area contributed by atoms with E-state index in [-0.39, 0.29) is 6.61 Å². The van der Waals surface area contributed by atoms with Crippen LogP contribution < -0.4 is 4.74 Å². The minimum atomic E-state index is 0.153. The van der Waals surface area contributed by atoms with Crippen LogP contribution in [0.2, 0.25) is 5.15 Å². The summed E-state index contributed by atoms with van der Waals surface area (Å²) in [6, 6.07) is 11.0. The Hall–Kier alpha value is -1.65. The van der Waals surface area contributed by atoms with Gasteiger partial charge in [0.05, 0.1) is 0 Å². The molecular weight excluding hydrogens is 252 g/mol. The number of ether oxygens (including phenoxy) is 1. The Morgan fingerprint density at radius 2 is 1.83 bits per heavy atom. The number of hydrogen-bond donors (Lipinski definition) is 1. The molecule has 5 heteroatoms. The van der Waals surface area contributed by atoms with E-state index in [1.165, 1.54) is 0 Å². The summed E-state index contributed by atoms with van der Waals surface area (Å²) >= 11 is 5.64. The molecular formula is C13H13ClN2O2. The lowest BCUT2D eigenvalue weighted by Crippen LogP contribution is -1.99. The lowest BCUT2D eigenvalue weighted by molar-refractivity contribution is 0.296. The van der Waals surface area contributed by atoms with Gasteiger partial charge < -0.3 is 9.84 Å². The van der Waals surface area contributed by atoms with E-state index in [4.69, 9.17) is 21.4 Å². The van der Waals surface area contributed by atoms with Crippen LogP contribution in [0.3, 0.4) is 0 Å². The fourth-order valence-electron chi connectivity index (χ4n) is 1.46. The zero-order chi connectivity index (χ0) is 12.8. The Morgan fingerprint density at radius 1 is 1.06 bits per heavy atom. The molecule has 2 rings (SSSR count). The Bertz CT molecular complexity index is 485. The largest absolute Gasteiger partial charge is 0.487 e. The van der Waals surface area contributed by atoms with Crippen LogP contribution >= 0.6 is 11.6 Å². The summed E-state index contributed by atoms with van der Waals surface area (Å²) in [5.74, 6) is 0.758. The fraction of sp³-hybridized carbons (Fsp3) is 0.231. The third kappa shape index (κ3) is 3.68. The molecule has 0 spiro atoms. The van der Waals surface area contributed by atoms with Crippen molar-refractivity contribution in [2.24, 2.45) is 0 Å². The monoisotopic (exact) mass is 264 g/mol. The van der Waals surface area contributed by atoms with Gasteiger partial charge >= 0.3 is 0 Å². The normalized spacial score (nSPS) is 10.3. The lowest BCUT2D eigenvalue weighted by atomic mass is 10.1. The van der Waals surface area contributed by atoms with E-state index in [1.54, 1.807) is 12.1 Å². The molecule has 0 saturated carbocycles. The van der Waals surface area contributed by atoms with Crippen molar-refractivity contribution in [3.8, 4) is 5.75 Å². The summed E-state index contributed by atoms with van der Waals surface area (Å²) in [6.45, 7) is 0.504. The van der Waals surface area contributed by atoms with Gasteiger partial charge in [-0.2, -0.15) is 5.10 Å². The number of nitrogens with zero attached hydrogens (tertiary/aromatic N) is 2. The van der Waals surface area contributed by atoms with Crippen molar-refractivity contribution in [2.75, 3.05) is 6.61 Å². The van der Waals surface area contributed by atoms with Crippen molar-refractivity contribution in [3.63, 3.8) is 0 Å². The quantitative estimate of drug-likeness (QED) is 0.900. The zero-order valence-corrected chi connectivity index (χ0v) is 10.5. The third-order valence-corrected chi connectivity index (χ3v) is 2.60. The molecule has 0 bridgehead atoms. The average molecular weight is 265 g/mol. The van der Waals surface area contributed by atoms with E-state index in [9.17, 15) is 0 Å². The zero-order valence-electron chi connectivity index (χ0n) is 9.71. The molecule has 0 unspecified atom stereocenters. The number of aromatic nitrogens is 2. The highest BCUT2D eigenvalue weighted by Gasteiger charge is 1.99. The molecule has 0 aliphatic heterocycles. The van der Waals surface area contributed by atoms with Crippen LogP contribution in [0.15, 0.2) is 36.4 Å². The van der Waals surface area contributed by atoms with E-state index in [0.29, 0.717) is 18.2 Å². The highest BCUT2D eigenvalue weighted by Crippen LogP contribution is 2.14. The SMILES string of the molecule is OCCc1ccc(OCc2ccc(Cl)nn2)cc1. The molecule has 0 atom stereocenters. The van der Waals surface area contributed by atoms with Gasteiger partial charge in [-0.1, -0.05) is 23.7 Å². The van der Waals surface area contributed by atoms with Gasteiger partial charge in [0.2, 0.25) is 0 Å². The molecule has 1 heterocycles. The minimum Gasteiger partial charge on any atom is -0.487 e. The van der Waals surface area contributed by atoms with Crippen LogP contribution in [0.5, 0.6) is 5.75 Å². The molecule has 94 valence electrons. The highest BCUT2D eigenvalue weighted by atomic mass is 35.5. The van der Waals surface area contributed by atoms with E-state index in [2.05, 4.69) is 10.2 Å². The molecule has 0 fully saturated rings. The Labute approximate surface area is 110 Å². The molecule has 0 radical (unpaired) electrons. The number of halogens is 1. The molecule has 1 aromatic heterocycles. The number of rotatable bonds is 5. The maximum absolute atomic E-state index is 8.81. The van der Waals surface area contributed by atoms with Crippen LogP contribution in [-0.2, 0) is 13.0 Å². The second-order valence-electron chi connectivity index (χ2n) is 3.75. The van der Waals surface area contributed by atoms with Crippen LogP contribution in [0, 0.1) is 0 Å². The summed E-state index contributed by atoms with van der Waals surface area (Å²) in [7, 11) is 0. The van der Waals surface area contributed by atoms with Gasteiger partial charge in [-0.25, -0.2) is 0 Å². The Kier molecular flexibility index (Phi) is 4.50. The van der Waals surface area contributed by atoms with Gasteiger partial charge in [0, 0.05) is 6.61 Å². The number of benzene rings is 1. The molecule has 0 aliphatic rings. The maximum Gasteiger partial charge on any atom is 0.151 e. The Balaban J connectivity index is 1.91. The molecule has 4 nitrogen and oxygen atoms in total. The smallest absolute Gasteiger partial charge is 0.151 e. The maximum atomic E-state index is 8.81. The summed E-state index contributed by atoms with van der Waals surface area (Å²) in [6.07, 6.45) is 0.656. The van der Waals surface area contributed by atoms with Crippen molar-refractivity contribution >= 4 is 11.6 Å². The molecule has 0 amide bonds. The van der Waals surface area contributed by atoms with Gasteiger partial charge in [0.25, 0.3) is 0 Å². The van der Waals surface area contributed by atoms with E-state index in [0.717, 1.165) is 17.0 Å². The van der Waals surface area contributed by atoms with Crippen molar-refractivity contribution in [2.45, 2.75) is 13.0 Å². The average Bonchev–Trinajstić information content (AvgIpc) is 2.40. The summed E-state index contributed by atoms with van der Waals surface area (Å²) in [5, 5.41) is 16.8. The molecule has 1 aromatic carbocycles. The molecule has 2 aromatic rings. The van der Waals surface area contributed by atoms with Gasteiger partial charge in [0.1, 0.15) is 18.1 Å². The first-order valence-corrected chi connectivity index (χ1v) is 5.96. The van der Waals surface area contributed by atoms with Crippen LogP contribution in [0.1, 0.15) is 11.3 Å². The van der Waals surface area contributed by atoms with Crippen LogP contribution in [-0.4, -0.2) is 21.9 Å². The predicted molar refractivity (Wildman–Crippen MR) is 68.6 cm³/mol. The topological polar surface area (TPSA) is 55.2 Å². The van der Waals surface area contributed by atoms with Gasteiger partial charge in [0.15, 0.2) is 5.15 Å². The summed E-state index contributed by atoms with van der Waals surface area (Å²) in [4.78, 5) is 0. The van der Waals surface area contributed by atoms with Gasteiger partial charge in [-0.05, 0) is 36.2 Å². The highest BCUT2D eigenvalue weighted by molar-refractivity contribution is 6.29. The van der Waals surface area contributed by atoms with Crippen molar-refractivity contribution in [1.29, 1.82) is 0 Å². The predicted octanol–water partition coefficient (Wildman–Crippen LogP) is 2.24. The second kappa shape index (κ2) is 6.33. The second-order valence-corrected chi connectivity index (χ2v) is 4.14. The van der Waals surface area contributed by atoms with Crippen LogP contribution in [0.4, 0.5) is 0 Å². The first-order valence-electron chi connectivity index (χ1n) is 5.58. The van der Waals surface area contributed by atoms with Gasteiger partial charge in [-0.3, -0.25) is 0 Å². The van der Waals surface area contributed by atoms with Crippen LogP contribution in [0.25, 0.3) is 0 Å². The number of hydrogen-bond acceptors (Lipinski definition) is 4. The van der Waals surface area contributed by atoms with Crippen molar-refractivity contribution in [1.82, 2.24) is 10.2 Å². The molecule has 1 N–H and O–H groups in total. The van der Waals surface area contributed by atoms with E-state index < -0.39 is 0 Å². The number of aliphatic hydroxyl groups is 1. The van der Waals surface area contributed by atoms with Crippen molar-refractivity contribution in [3.05, 3.63) is 52.8 Å². The lowest BCUT2D eigenvalue weighted by Gasteiger charge is -2.06. The summed E-state index contributed by atoms with van der Waals surface area (Å²) < 4.78 is 5.56. The number of aliphatic hydroxyl groups excluding tert-OH is 1. The van der Waals surface area contributed by atoms with E-state index in [1.807, 2.05) is 24.3 Å². The fourth-order valence-corrected chi connectivity index (χ4v) is 1.56. The summed E-state index contributed by atoms with van der Waals surface area (Å²) in [5.41, 5.74) is 1.80. The molecule has 0 aliphatic carbocycles. The first-order chi connectivity index (χ1) is 8.78.